The van der Waals surface area contributed by atoms with Gasteiger partial charge < -0.3 is 15.8 Å². The highest BCUT2D eigenvalue weighted by Gasteiger charge is 2.14. The van der Waals surface area contributed by atoms with E-state index < -0.39 is 0 Å². The highest BCUT2D eigenvalue weighted by atomic mass is 16.5. The van der Waals surface area contributed by atoms with Gasteiger partial charge in [0.2, 0.25) is 0 Å². The number of para-hydroxylation sites is 1. The van der Waals surface area contributed by atoms with E-state index in [1.807, 2.05) is 24.3 Å². The van der Waals surface area contributed by atoms with Gasteiger partial charge in [-0.15, -0.1) is 0 Å². The van der Waals surface area contributed by atoms with Gasteiger partial charge in [-0.3, -0.25) is 4.79 Å². The van der Waals surface area contributed by atoms with Crippen molar-refractivity contribution in [2.45, 2.75) is 19.8 Å². The van der Waals surface area contributed by atoms with E-state index in [1.54, 1.807) is 18.2 Å². The summed E-state index contributed by atoms with van der Waals surface area (Å²) in [4.78, 5) is 12.5. The Kier molecular flexibility index (Phi) is 4.82. The Morgan fingerprint density at radius 3 is 2.71 bits per heavy atom. The summed E-state index contributed by atoms with van der Waals surface area (Å²) in [6.45, 7) is 2.11. The molecule has 0 spiro atoms. The maximum absolute atomic E-state index is 12.5. The van der Waals surface area contributed by atoms with E-state index in [0.717, 1.165) is 24.1 Å². The Morgan fingerprint density at radius 1 is 1.24 bits per heavy atom. The Labute approximate surface area is 124 Å². The van der Waals surface area contributed by atoms with Crippen LogP contribution in [0.2, 0.25) is 0 Å². The minimum absolute atomic E-state index is 0.220. The number of aryl methyl sites for hydroxylation is 1. The van der Waals surface area contributed by atoms with Gasteiger partial charge in [-0.2, -0.15) is 0 Å². The number of carbonyl (C=O) groups is 1. The number of amides is 1. The molecule has 2 rings (SSSR count). The molecule has 0 unspecified atom stereocenters. The fraction of sp³-hybridized carbons (Fsp3) is 0.235. The number of carbonyl (C=O) groups excluding carboxylic acids is 1. The third-order valence-corrected chi connectivity index (χ3v) is 3.25. The third-order valence-electron chi connectivity index (χ3n) is 3.25. The van der Waals surface area contributed by atoms with Gasteiger partial charge in [-0.05, 0) is 36.2 Å². The Bertz CT molecular complexity index is 638. The van der Waals surface area contributed by atoms with Crippen LogP contribution in [0.1, 0.15) is 29.3 Å². The fourth-order valence-corrected chi connectivity index (χ4v) is 2.22. The maximum Gasteiger partial charge on any atom is 0.259 e. The Morgan fingerprint density at radius 2 is 2.00 bits per heavy atom. The summed E-state index contributed by atoms with van der Waals surface area (Å²) in [5, 5.41) is 2.94. The average molecular weight is 284 g/mol. The van der Waals surface area contributed by atoms with Gasteiger partial charge in [0.1, 0.15) is 5.75 Å². The van der Waals surface area contributed by atoms with Crippen LogP contribution in [0.4, 0.5) is 11.4 Å². The van der Waals surface area contributed by atoms with Crippen LogP contribution in [0.25, 0.3) is 0 Å². The lowest BCUT2D eigenvalue weighted by molar-refractivity contribution is 0.102. The minimum Gasteiger partial charge on any atom is -0.496 e. The third kappa shape index (κ3) is 3.54. The zero-order chi connectivity index (χ0) is 15.2. The zero-order valence-corrected chi connectivity index (χ0v) is 12.3. The summed E-state index contributed by atoms with van der Waals surface area (Å²) in [5.41, 5.74) is 8.67. The molecule has 0 heterocycles. The molecule has 21 heavy (non-hydrogen) atoms. The molecule has 0 aliphatic heterocycles. The predicted octanol–water partition coefficient (Wildman–Crippen LogP) is 3.48. The second-order valence-corrected chi connectivity index (χ2v) is 4.82. The molecular weight excluding hydrogens is 264 g/mol. The standard InChI is InChI=1S/C17H20N2O2/c1-3-6-12-7-4-5-8-15(12)19-17(20)14-11-13(18)9-10-16(14)21-2/h4-5,7-11H,3,6,18H2,1-2H3,(H,19,20). The normalized spacial score (nSPS) is 10.2. The number of methoxy groups -OCH3 is 1. The quantitative estimate of drug-likeness (QED) is 0.826. The van der Waals surface area contributed by atoms with Crippen molar-refractivity contribution < 1.29 is 9.53 Å². The van der Waals surface area contributed by atoms with Crippen LogP contribution in [0.5, 0.6) is 5.75 Å². The molecule has 4 heteroatoms. The number of anilines is 2. The van der Waals surface area contributed by atoms with E-state index in [2.05, 4.69) is 12.2 Å². The number of rotatable bonds is 5. The highest BCUT2D eigenvalue weighted by molar-refractivity contribution is 6.07. The molecule has 0 saturated heterocycles. The summed E-state index contributed by atoms with van der Waals surface area (Å²) < 4.78 is 5.22. The Hall–Kier alpha value is -2.49. The smallest absolute Gasteiger partial charge is 0.259 e. The molecule has 0 aromatic heterocycles. The van der Waals surface area contributed by atoms with Crippen molar-refractivity contribution in [3.05, 3.63) is 53.6 Å². The monoisotopic (exact) mass is 284 g/mol. The number of benzene rings is 2. The highest BCUT2D eigenvalue weighted by Crippen LogP contribution is 2.24. The first kappa shape index (κ1) is 14.9. The SMILES string of the molecule is CCCc1ccccc1NC(=O)c1cc(N)ccc1OC. The summed E-state index contributed by atoms with van der Waals surface area (Å²) in [6, 6.07) is 12.8. The summed E-state index contributed by atoms with van der Waals surface area (Å²) >= 11 is 0. The summed E-state index contributed by atoms with van der Waals surface area (Å²) in [5.74, 6) is 0.289. The van der Waals surface area contributed by atoms with Crippen LogP contribution in [0.15, 0.2) is 42.5 Å². The minimum atomic E-state index is -0.220. The van der Waals surface area contributed by atoms with Crippen LogP contribution in [0, 0.1) is 0 Å². The van der Waals surface area contributed by atoms with E-state index in [1.165, 1.54) is 7.11 Å². The Balaban J connectivity index is 2.28. The molecule has 0 bridgehead atoms. The van der Waals surface area contributed by atoms with E-state index in [4.69, 9.17) is 10.5 Å². The molecule has 0 atom stereocenters. The first-order chi connectivity index (χ1) is 10.2. The largest absolute Gasteiger partial charge is 0.496 e. The van der Waals surface area contributed by atoms with Crippen LogP contribution in [0.3, 0.4) is 0 Å². The topological polar surface area (TPSA) is 64.4 Å². The van der Waals surface area contributed by atoms with Crippen LogP contribution < -0.4 is 15.8 Å². The van der Waals surface area contributed by atoms with Crippen molar-refractivity contribution in [2.24, 2.45) is 0 Å². The van der Waals surface area contributed by atoms with Crippen molar-refractivity contribution in [1.82, 2.24) is 0 Å². The van der Waals surface area contributed by atoms with Gasteiger partial charge in [0, 0.05) is 11.4 Å². The van der Waals surface area contributed by atoms with E-state index in [-0.39, 0.29) is 5.91 Å². The molecule has 0 fully saturated rings. The molecule has 4 nitrogen and oxygen atoms in total. The number of nitrogen functional groups attached to an aromatic ring is 1. The van der Waals surface area contributed by atoms with Crippen molar-refractivity contribution in [1.29, 1.82) is 0 Å². The van der Waals surface area contributed by atoms with Crippen molar-refractivity contribution in [3.63, 3.8) is 0 Å². The van der Waals surface area contributed by atoms with Gasteiger partial charge >= 0.3 is 0 Å². The second-order valence-electron chi connectivity index (χ2n) is 4.82. The summed E-state index contributed by atoms with van der Waals surface area (Å²) in [7, 11) is 1.54. The van der Waals surface area contributed by atoms with Gasteiger partial charge in [-0.1, -0.05) is 31.5 Å². The van der Waals surface area contributed by atoms with E-state index in [0.29, 0.717) is 17.0 Å². The molecule has 0 saturated carbocycles. The number of ether oxygens (including phenoxy) is 1. The van der Waals surface area contributed by atoms with Gasteiger partial charge in [0.05, 0.1) is 12.7 Å². The van der Waals surface area contributed by atoms with Crippen molar-refractivity contribution in [3.8, 4) is 5.75 Å². The van der Waals surface area contributed by atoms with Crippen LogP contribution in [-0.2, 0) is 6.42 Å². The summed E-state index contributed by atoms with van der Waals surface area (Å²) in [6.07, 6.45) is 1.94. The lowest BCUT2D eigenvalue weighted by atomic mass is 10.1. The number of nitrogens with one attached hydrogen (secondary N) is 1. The van der Waals surface area contributed by atoms with Crippen LogP contribution in [-0.4, -0.2) is 13.0 Å². The van der Waals surface area contributed by atoms with Crippen LogP contribution >= 0.6 is 0 Å². The zero-order valence-electron chi connectivity index (χ0n) is 12.3. The molecule has 1 amide bonds. The molecule has 110 valence electrons. The lowest BCUT2D eigenvalue weighted by Crippen LogP contribution is -2.14. The van der Waals surface area contributed by atoms with E-state index >= 15 is 0 Å². The van der Waals surface area contributed by atoms with Crippen molar-refractivity contribution in [2.75, 3.05) is 18.2 Å². The van der Waals surface area contributed by atoms with Gasteiger partial charge in [0.15, 0.2) is 0 Å². The fourth-order valence-electron chi connectivity index (χ4n) is 2.22. The molecule has 0 aliphatic carbocycles. The molecule has 0 aliphatic rings. The lowest BCUT2D eigenvalue weighted by Gasteiger charge is -2.13. The first-order valence-corrected chi connectivity index (χ1v) is 6.98. The van der Waals surface area contributed by atoms with Crippen molar-refractivity contribution >= 4 is 17.3 Å². The number of hydrogen-bond donors (Lipinski definition) is 2. The molecule has 3 N–H and O–H groups in total. The average Bonchev–Trinajstić information content (AvgIpc) is 2.49. The second kappa shape index (κ2) is 6.79. The molecular formula is C17H20N2O2. The molecule has 2 aromatic carbocycles. The number of hydrogen-bond acceptors (Lipinski definition) is 3. The van der Waals surface area contributed by atoms with Gasteiger partial charge in [-0.25, -0.2) is 0 Å². The first-order valence-electron chi connectivity index (χ1n) is 6.98. The predicted molar refractivity (Wildman–Crippen MR) is 85.8 cm³/mol. The molecule has 2 aromatic rings. The molecule has 0 radical (unpaired) electrons. The number of nitrogens with two attached hydrogens (primary N) is 1. The van der Waals surface area contributed by atoms with E-state index in [9.17, 15) is 4.79 Å². The maximum atomic E-state index is 12.5. The van der Waals surface area contributed by atoms with Gasteiger partial charge in [0.25, 0.3) is 5.91 Å².